The molecule has 30 heavy (non-hydrogen) atoms. The first kappa shape index (κ1) is 21.6. The molecule has 2 aromatic carbocycles. The fourth-order valence-corrected chi connectivity index (χ4v) is 3.62. The fourth-order valence-electron chi connectivity index (χ4n) is 3.62. The molecule has 2 N–H and O–H groups in total. The Morgan fingerprint density at radius 3 is 2.60 bits per heavy atom. The summed E-state index contributed by atoms with van der Waals surface area (Å²) in [6.45, 7) is 3.42. The molecule has 0 unspecified atom stereocenters. The zero-order valence-electron chi connectivity index (χ0n) is 17.4. The summed E-state index contributed by atoms with van der Waals surface area (Å²) in [4.78, 5) is 38.4. The summed E-state index contributed by atoms with van der Waals surface area (Å²) in [5.74, 6) is -0.405. The minimum atomic E-state index is -0.319. The maximum absolute atomic E-state index is 12.6. The number of nitrogens with one attached hydrogen (secondary N) is 2. The predicted molar refractivity (Wildman–Crippen MR) is 117 cm³/mol. The van der Waals surface area contributed by atoms with Gasteiger partial charge in [0.1, 0.15) is 0 Å². The fraction of sp³-hybridized carbons (Fsp3) is 0.375. The number of nitrogens with zero attached hydrogens (tertiary/aromatic N) is 1. The van der Waals surface area contributed by atoms with E-state index in [2.05, 4.69) is 10.6 Å². The van der Waals surface area contributed by atoms with E-state index in [-0.39, 0.29) is 30.1 Å². The van der Waals surface area contributed by atoms with E-state index in [0.717, 1.165) is 24.1 Å². The van der Waals surface area contributed by atoms with Gasteiger partial charge in [-0.1, -0.05) is 49.4 Å². The zero-order chi connectivity index (χ0) is 21.3. The van der Waals surface area contributed by atoms with Gasteiger partial charge in [0, 0.05) is 38.2 Å². The van der Waals surface area contributed by atoms with Crippen molar-refractivity contribution in [3.05, 3.63) is 65.7 Å². The minimum absolute atomic E-state index is 0.0150. The van der Waals surface area contributed by atoms with Crippen LogP contribution in [0.25, 0.3) is 0 Å². The van der Waals surface area contributed by atoms with Crippen molar-refractivity contribution in [2.24, 2.45) is 5.92 Å². The number of carbonyl (C=O) groups excluding carboxylic acids is 3. The number of hydrogen-bond acceptors (Lipinski definition) is 3. The lowest BCUT2D eigenvalue weighted by atomic mass is 10.1. The molecular weight excluding hydrogens is 378 g/mol. The van der Waals surface area contributed by atoms with Crippen LogP contribution in [0, 0.1) is 5.92 Å². The first-order valence-electron chi connectivity index (χ1n) is 10.5. The SMILES string of the molecule is CCCC(=O)Nc1cccc(CNC(=O)[C@@H]2CC(=O)N(CCc3ccccc3)C2)c1. The summed E-state index contributed by atoms with van der Waals surface area (Å²) in [6, 6.07) is 17.5. The Balaban J connectivity index is 1.47. The smallest absolute Gasteiger partial charge is 0.225 e. The van der Waals surface area contributed by atoms with E-state index in [4.69, 9.17) is 0 Å². The average Bonchev–Trinajstić information content (AvgIpc) is 3.12. The molecule has 0 saturated carbocycles. The number of rotatable bonds is 9. The van der Waals surface area contributed by atoms with Crippen LogP contribution in [0.4, 0.5) is 5.69 Å². The standard InChI is InChI=1S/C24H29N3O3/c1-2-7-22(28)26-21-11-6-10-19(14-21)16-25-24(30)20-15-23(29)27(17-20)13-12-18-8-4-3-5-9-18/h3-6,8-11,14,20H,2,7,12-13,15-17H2,1H3,(H,25,30)(H,26,28)/t20-/m1/s1. The zero-order valence-corrected chi connectivity index (χ0v) is 17.4. The van der Waals surface area contributed by atoms with Gasteiger partial charge in [0.25, 0.3) is 0 Å². The van der Waals surface area contributed by atoms with Crippen LogP contribution in [0.3, 0.4) is 0 Å². The van der Waals surface area contributed by atoms with Crippen molar-refractivity contribution in [1.29, 1.82) is 0 Å². The Morgan fingerprint density at radius 1 is 1.07 bits per heavy atom. The Bertz CT molecular complexity index is 882. The van der Waals surface area contributed by atoms with Gasteiger partial charge in [0.05, 0.1) is 5.92 Å². The maximum atomic E-state index is 12.6. The highest BCUT2D eigenvalue weighted by Gasteiger charge is 2.33. The lowest BCUT2D eigenvalue weighted by molar-refractivity contribution is -0.129. The Labute approximate surface area is 177 Å². The van der Waals surface area contributed by atoms with Crippen LogP contribution in [0.15, 0.2) is 54.6 Å². The Morgan fingerprint density at radius 2 is 1.83 bits per heavy atom. The van der Waals surface area contributed by atoms with Crippen LogP contribution in [-0.2, 0) is 27.3 Å². The van der Waals surface area contributed by atoms with E-state index >= 15 is 0 Å². The van der Waals surface area contributed by atoms with Crippen LogP contribution in [0.5, 0.6) is 0 Å². The molecule has 1 fully saturated rings. The molecule has 0 bridgehead atoms. The van der Waals surface area contributed by atoms with Crippen molar-refractivity contribution < 1.29 is 14.4 Å². The van der Waals surface area contributed by atoms with Gasteiger partial charge >= 0.3 is 0 Å². The van der Waals surface area contributed by atoms with Gasteiger partial charge in [0.15, 0.2) is 0 Å². The lowest BCUT2D eigenvalue weighted by Gasteiger charge is -2.16. The summed E-state index contributed by atoms with van der Waals surface area (Å²) in [5.41, 5.74) is 2.82. The largest absolute Gasteiger partial charge is 0.352 e. The second kappa shape index (κ2) is 10.6. The third-order valence-electron chi connectivity index (χ3n) is 5.25. The number of amides is 3. The molecule has 0 aliphatic carbocycles. The van der Waals surface area contributed by atoms with Gasteiger partial charge in [-0.2, -0.15) is 0 Å². The first-order valence-corrected chi connectivity index (χ1v) is 10.5. The van der Waals surface area contributed by atoms with Crippen molar-refractivity contribution in [2.45, 2.75) is 39.2 Å². The van der Waals surface area contributed by atoms with Gasteiger partial charge < -0.3 is 15.5 Å². The second-order valence-corrected chi connectivity index (χ2v) is 7.69. The van der Waals surface area contributed by atoms with Gasteiger partial charge in [-0.25, -0.2) is 0 Å². The monoisotopic (exact) mass is 407 g/mol. The normalized spacial score (nSPS) is 15.8. The molecule has 158 valence electrons. The highest BCUT2D eigenvalue weighted by atomic mass is 16.2. The molecule has 0 spiro atoms. The van der Waals surface area contributed by atoms with Gasteiger partial charge in [-0.15, -0.1) is 0 Å². The summed E-state index contributed by atoms with van der Waals surface area (Å²) < 4.78 is 0. The Kier molecular flexibility index (Phi) is 7.60. The molecule has 2 aromatic rings. The molecule has 1 atom stereocenters. The van der Waals surface area contributed by atoms with Crippen molar-refractivity contribution >= 4 is 23.4 Å². The highest BCUT2D eigenvalue weighted by molar-refractivity contribution is 5.91. The highest BCUT2D eigenvalue weighted by Crippen LogP contribution is 2.19. The predicted octanol–water partition coefficient (Wildman–Crippen LogP) is 3.13. The molecule has 6 nitrogen and oxygen atoms in total. The molecule has 0 radical (unpaired) electrons. The maximum Gasteiger partial charge on any atom is 0.225 e. The third kappa shape index (κ3) is 6.17. The van der Waals surface area contributed by atoms with Crippen molar-refractivity contribution in [3.8, 4) is 0 Å². The topological polar surface area (TPSA) is 78.5 Å². The van der Waals surface area contributed by atoms with Crippen LogP contribution in [-0.4, -0.2) is 35.7 Å². The van der Waals surface area contributed by atoms with E-state index in [1.807, 2.05) is 61.5 Å². The van der Waals surface area contributed by atoms with E-state index in [1.54, 1.807) is 4.90 Å². The van der Waals surface area contributed by atoms with E-state index in [1.165, 1.54) is 5.56 Å². The second-order valence-electron chi connectivity index (χ2n) is 7.69. The third-order valence-corrected chi connectivity index (χ3v) is 5.25. The molecular formula is C24H29N3O3. The average molecular weight is 408 g/mol. The molecule has 1 aliphatic heterocycles. The first-order chi connectivity index (χ1) is 14.5. The number of carbonyl (C=O) groups is 3. The van der Waals surface area contributed by atoms with E-state index in [0.29, 0.717) is 26.1 Å². The number of hydrogen-bond donors (Lipinski definition) is 2. The molecule has 1 saturated heterocycles. The molecule has 3 rings (SSSR count). The number of benzene rings is 2. The quantitative estimate of drug-likeness (QED) is 0.670. The molecule has 1 heterocycles. The van der Waals surface area contributed by atoms with E-state index < -0.39 is 0 Å². The summed E-state index contributed by atoms with van der Waals surface area (Å²) in [5, 5.41) is 5.79. The van der Waals surface area contributed by atoms with Crippen molar-refractivity contribution in [1.82, 2.24) is 10.2 Å². The lowest BCUT2D eigenvalue weighted by Crippen LogP contribution is -2.33. The van der Waals surface area contributed by atoms with E-state index in [9.17, 15) is 14.4 Å². The van der Waals surface area contributed by atoms with Crippen molar-refractivity contribution in [2.75, 3.05) is 18.4 Å². The molecule has 6 heteroatoms. The molecule has 1 aliphatic rings. The Hall–Kier alpha value is -3.15. The van der Waals surface area contributed by atoms with Crippen LogP contribution in [0.1, 0.15) is 37.3 Å². The van der Waals surface area contributed by atoms with Crippen LogP contribution < -0.4 is 10.6 Å². The molecule has 3 amide bonds. The van der Waals surface area contributed by atoms with Crippen LogP contribution >= 0.6 is 0 Å². The van der Waals surface area contributed by atoms with Gasteiger partial charge in [-0.05, 0) is 36.1 Å². The van der Waals surface area contributed by atoms with Crippen LogP contribution in [0.2, 0.25) is 0 Å². The van der Waals surface area contributed by atoms with Gasteiger partial charge in [0.2, 0.25) is 17.7 Å². The summed E-state index contributed by atoms with van der Waals surface area (Å²) >= 11 is 0. The summed E-state index contributed by atoms with van der Waals surface area (Å²) in [7, 11) is 0. The van der Waals surface area contributed by atoms with Gasteiger partial charge in [-0.3, -0.25) is 14.4 Å². The number of likely N-dealkylation sites (tertiary alicyclic amines) is 1. The minimum Gasteiger partial charge on any atom is -0.352 e. The summed E-state index contributed by atoms with van der Waals surface area (Å²) in [6.07, 6.45) is 2.33. The molecule has 0 aromatic heterocycles. The van der Waals surface area contributed by atoms with Crippen molar-refractivity contribution in [3.63, 3.8) is 0 Å². The number of anilines is 1.